The van der Waals surface area contributed by atoms with Gasteiger partial charge >= 0.3 is 0 Å². The van der Waals surface area contributed by atoms with Gasteiger partial charge in [0.25, 0.3) is 15.9 Å². The molecule has 0 atom stereocenters. The molecule has 3 aromatic rings. The standard InChI is InChI=1S/C25H27N3O4S/c1-19-3-2-4-23(17-19)27-33(30,31)24-11-9-22(10-12-24)26-25(29)21-7-5-20(6-8-21)18-28-13-15-32-16-14-28/h2-12,17,27H,13-16,18H2,1H3,(H,26,29). The topological polar surface area (TPSA) is 87.7 Å². The third-order valence-corrected chi connectivity index (χ3v) is 6.82. The lowest BCUT2D eigenvalue weighted by atomic mass is 10.1. The van der Waals surface area contributed by atoms with Crippen LogP contribution in [0.2, 0.25) is 0 Å². The van der Waals surface area contributed by atoms with E-state index in [9.17, 15) is 13.2 Å². The van der Waals surface area contributed by atoms with E-state index in [-0.39, 0.29) is 10.8 Å². The smallest absolute Gasteiger partial charge is 0.261 e. The fraction of sp³-hybridized carbons (Fsp3) is 0.240. The Kier molecular flexibility index (Phi) is 7.08. The van der Waals surface area contributed by atoms with Crippen LogP contribution in [0.25, 0.3) is 0 Å². The van der Waals surface area contributed by atoms with Gasteiger partial charge in [-0.2, -0.15) is 0 Å². The van der Waals surface area contributed by atoms with Crippen LogP contribution in [0.15, 0.2) is 77.7 Å². The van der Waals surface area contributed by atoms with Gasteiger partial charge in [0.1, 0.15) is 0 Å². The number of morpholine rings is 1. The molecule has 33 heavy (non-hydrogen) atoms. The summed E-state index contributed by atoms with van der Waals surface area (Å²) in [6.45, 7) is 6.05. The van der Waals surface area contributed by atoms with E-state index in [1.165, 1.54) is 12.1 Å². The highest BCUT2D eigenvalue weighted by atomic mass is 32.2. The highest BCUT2D eigenvalue weighted by Crippen LogP contribution is 2.19. The fourth-order valence-corrected chi connectivity index (χ4v) is 4.67. The predicted molar refractivity (Wildman–Crippen MR) is 129 cm³/mol. The Hall–Kier alpha value is -3.20. The summed E-state index contributed by atoms with van der Waals surface area (Å²) in [5.74, 6) is -0.249. The van der Waals surface area contributed by atoms with Gasteiger partial charge in [-0.25, -0.2) is 8.42 Å². The first-order valence-corrected chi connectivity index (χ1v) is 12.3. The van der Waals surface area contributed by atoms with E-state index in [1.54, 1.807) is 42.5 Å². The third-order valence-electron chi connectivity index (χ3n) is 5.42. The van der Waals surface area contributed by atoms with Crippen LogP contribution in [0.5, 0.6) is 0 Å². The van der Waals surface area contributed by atoms with Crippen LogP contribution < -0.4 is 10.0 Å². The number of aryl methyl sites for hydroxylation is 1. The van der Waals surface area contributed by atoms with Crippen molar-refractivity contribution in [1.82, 2.24) is 4.90 Å². The number of rotatable bonds is 7. The van der Waals surface area contributed by atoms with Crippen molar-refractivity contribution >= 4 is 27.3 Å². The monoisotopic (exact) mass is 465 g/mol. The zero-order valence-corrected chi connectivity index (χ0v) is 19.3. The quantitative estimate of drug-likeness (QED) is 0.553. The predicted octanol–water partition coefficient (Wildman–Crippen LogP) is 3.88. The zero-order valence-electron chi connectivity index (χ0n) is 18.5. The van der Waals surface area contributed by atoms with E-state index in [4.69, 9.17) is 4.74 Å². The van der Waals surface area contributed by atoms with Crippen molar-refractivity contribution in [2.24, 2.45) is 0 Å². The van der Waals surface area contributed by atoms with Crippen molar-refractivity contribution in [3.63, 3.8) is 0 Å². The number of benzene rings is 3. The lowest BCUT2D eigenvalue weighted by Crippen LogP contribution is -2.35. The van der Waals surface area contributed by atoms with Crippen molar-refractivity contribution in [3.8, 4) is 0 Å². The van der Waals surface area contributed by atoms with Crippen LogP contribution in [0, 0.1) is 6.92 Å². The molecule has 4 rings (SSSR count). The van der Waals surface area contributed by atoms with Crippen molar-refractivity contribution in [3.05, 3.63) is 89.5 Å². The Morgan fingerprint density at radius 2 is 1.64 bits per heavy atom. The average Bonchev–Trinajstić information content (AvgIpc) is 2.80. The number of anilines is 2. The van der Waals surface area contributed by atoms with E-state index in [0.717, 1.165) is 44.0 Å². The lowest BCUT2D eigenvalue weighted by molar-refractivity contribution is 0.0342. The molecule has 7 nitrogen and oxygen atoms in total. The Bertz CT molecular complexity index is 1200. The number of amides is 1. The molecule has 1 fully saturated rings. The molecule has 2 N–H and O–H groups in total. The average molecular weight is 466 g/mol. The molecule has 0 saturated carbocycles. The van der Waals surface area contributed by atoms with Crippen molar-refractivity contribution < 1.29 is 17.9 Å². The molecule has 0 aliphatic carbocycles. The summed E-state index contributed by atoms with van der Waals surface area (Å²) in [4.78, 5) is 15.0. The third kappa shape index (κ3) is 6.19. The minimum atomic E-state index is -3.72. The van der Waals surface area contributed by atoms with E-state index in [2.05, 4.69) is 14.9 Å². The normalized spacial score (nSPS) is 14.6. The number of carbonyl (C=O) groups excluding carboxylic acids is 1. The van der Waals surface area contributed by atoms with Crippen molar-refractivity contribution in [2.45, 2.75) is 18.4 Å². The highest BCUT2D eigenvalue weighted by Gasteiger charge is 2.15. The van der Waals surface area contributed by atoms with E-state index >= 15 is 0 Å². The van der Waals surface area contributed by atoms with Gasteiger partial charge < -0.3 is 10.1 Å². The Labute approximate surface area is 194 Å². The summed E-state index contributed by atoms with van der Waals surface area (Å²) in [6.07, 6.45) is 0. The minimum Gasteiger partial charge on any atom is -0.379 e. The molecule has 1 heterocycles. The summed E-state index contributed by atoms with van der Waals surface area (Å²) >= 11 is 0. The van der Waals surface area contributed by atoms with E-state index < -0.39 is 10.0 Å². The van der Waals surface area contributed by atoms with Crippen LogP contribution in [0.3, 0.4) is 0 Å². The minimum absolute atomic E-state index is 0.120. The van der Waals surface area contributed by atoms with Crippen LogP contribution in [0.1, 0.15) is 21.5 Å². The zero-order chi connectivity index (χ0) is 23.3. The maximum absolute atomic E-state index is 12.6. The number of hydrogen-bond donors (Lipinski definition) is 2. The molecule has 1 amide bonds. The van der Waals surface area contributed by atoms with E-state index in [0.29, 0.717) is 16.9 Å². The lowest BCUT2D eigenvalue weighted by Gasteiger charge is -2.26. The maximum Gasteiger partial charge on any atom is 0.261 e. The first-order valence-electron chi connectivity index (χ1n) is 10.8. The second kappa shape index (κ2) is 10.2. The van der Waals surface area contributed by atoms with Crippen molar-refractivity contribution in [1.29, 1.82) is 0 Å². The molecule has 3 aromatic carbocycles. The number of hydrogen-bond acceptors (Lipinski definition) is 5. The molecule has 0 aromatic heterocycles. The number of sulfonamides is 1. The fourth-order valence-electron chi connectivity index (χ4n) is 3.62. The molecule has 0 unspecified atom stereocenters. The first-order chi connectivity index (χ1) is 15.9. The first kappa shape index (κ1) is 23.0. The summed E-state index contributed by atoms with van der Waals surface area (Å²) in [6, 6.07) is 20.8. The SMILES string of the molecule is Cc1cccc(NS(=O)(=O)c2ccc(NC(=O)c3ccc(CN4CCOCC4)cc3)cc2)c1. The second-order valence-corrected chi connectivity index (χ2v) is 9.72. The van der Waals surface area contributed by atoms with Gasteiger partial charge in [-0.05, 0) is 66.6 Å². The summed E-state index contributed by atoms with van der Waals surface area (Å²) in [7, 11) is -3.72. The number of carbonyl (C=O) groups is 1. The number of ether oxygens (including phenoxy) is 1. The summed E-state index contributed by atoms with van der Waals surface area (Å²) < 4.78 is 33.2. The van der Waals surface area contributed by atoms with Crippen LogP contribution in [-0.2, 0) is 21.3 Å². The Balaban J connectivity index is 1.36. The maximum atomic E-state index is 12.6. The molecule has 0 spiro atoms. The van der Waals surface area contributed by atoms with Gasteiger partial charge in [0.2, 0.25) is 0 Å². The van der Waals surface area contributed by atoms with Crippen LogP contribution >= 0.6 is 0 Å². The Morgan fingerprint density at radius 1 is 0.939 bits per heavy atom. The van der Waals surface area contributed by atoms with Crippen LogP contribution in [0.4, 0.5) is 11.4 Å². The molecule has 1 saturated heterocycles. The van der Waals surface area contributed by atoms with Crippen LogP contribution in [-0.4, -0.2) is 45.5 Å². The van der Waals surface area contributed by atoms with Gasteiger partial charge in [0, 0.05) is 36.6 Å². The second-order valence-electron chi connectivity index (χ2n) is 8.04. The molecule has 8 heteroatoms. The summed E-state index contributed by atoms with van der Waals surface area (Å²) in [5, 5.41) is 2.81. The molecular formula is C25H27N3O4S. The summed E-state index contributed by atoms with van der Waals surface area (Å²) in [5.41, 5.74) is 3.67. The van der Waals surface area contributed by atoms with E-state index in [1.807, 2.05) is 25.1 Å². The van der Waals surface area contributed by atoms with Crippen molar-refractivity contribution in [2.75, 3.05) is 36.3 Å². The van der Waals surface area contributed by atoms with Gasteiger partial charge in [-0.3, -0.25) is 14.4 Å². The molecule has 1 aliphatic rings. The van der Waals surface area contributed by atoms with Gasteiger partial charge in [0.15, 0.2) is 0 Å². The van der Waals surface area contributed by atoms with Gasteiger partial charge in [-0.15, -0.1) is 0 Å². The number of nitrogens with zero attached hydrogens (tertiary/aromatic N) is 1. The Morgan fingerprint density at radius 3 is 2.30 bits per heavy atom. The highest BCUT2D eigenvalue weighted by molar-refractivity contribution is 7.92. The van der Waals surface area contributed by atoms with Gasteiger partial charge in [-0.1, -0.05) is 24.3 Å². The molecule has 1 aliphatic heterocycles. The molecule has 0 bridgehead atoms. The van der Waals surface area contributed by atoms with Gasteiger partial charge in [0.05, 0.1) is 18.1 Å². The molecule has 172 valence electrons. The number of nitrogens with one attached hydrogen (secondary N) is 2. The molecule has 0 radical (unpaired) electrons. The molecular weight excluding hydrogens is 438 g/mol. The largest absolute Gasteiger partial charge is 0.379 e.